The zero-order valence-electron chi connectivity index (χ0n) is 15.2. The Morgan fingerprint density at radius 1 is 1.29 bits per heavy atom. The number of H-pyrrole nitrogens is 1. The smallest absolute Gasteiger partial charge is 0.317 e. The van der Waals surface area contributed by atoms with E-state index >= 15 is 0 Å². The van der Waals surface area contributed by atoms with Gasteiger partial charge >= 0.3 is 6.03 Å². The van der Waals surface area contributed by atoms with E-state index in [0.717, 1.165) is 23.0 Å². The van der Waals surface area contributed by atoms with Gasteiger partial charge < -0.3 is 15.2 Å². The lowest BCUT2D eigenvalue weighted by Gasteiger charge is -2.26. The van der Waals surface area contributed by atoms with Crippen molar-refractivity contribution in [3.8, 4) is 0 Å². The molecule has 0 saturated heterocycles. The van der Waals surface area contributed by atoms with Crippen molar-refractivity contribution < 1.29 is 4.79 Å². The van der Waals surface area contributed by atoms with Gasteiger partial charge in [-0.2, -0.15) is 0 Å². The lowest BCUT2D eigenvalue weighted by Crippen LogP contribution is -2.42. The number of amides is 2. The Morgan fingerprint density at radius 2 is 2.18 bits per heavy atom. The highest BCUT2D eigenvalue weighted by Crippen LogP contribution is 2.28. The van der Waals surface area contributed by atoms with E-state index in [0.29, 0.717) is 36.1 Å². The second-order valence-electron chi connectivity index (χ2n) is 6.74. The molecule has 0 bridgehead atoms. The summed E-state index contributed by atoms with van der Waals surface area (Å²) in [5.74, 6) is 0. The van der Waals surface area contributed by atoms with Gasteiger partial charge in [0.25, 0.3) is 0 Å². The van der Waals surface area contributed by atoms with Crippen LogP contribution >= 0.6 is 23.2 Å². The van der Waals surface area contributed by atoms with Crippen LogP contribution in [-0.4, -0.2) is 40.5 Å². The van der Waals surface area contributed by atoms with Gasteiger partial charge in [0.2, 0.25) is 0 Å². The van der Waals surface area contributed by atoms with Crippen molar-refractivity contribution in [1.29, 1.82) is 0 Å². The average Bonchev–Trinajstić information content (AvgIpc) is 3.14. The van der Waals surface area contributed by atoms with Crippen LogP contribution in [0.5, 0.6) is 0 Å². The van der Waals surface area contributed by atoms with E-state index in [9.17, 15) is 4.79 Å². The van der Waals surface area contributed by atoms with Gasteiger partial charge in [0.05, 0.1) is 0 Å². The maximum absolute atomic E-state index is 12.4. The van der Waals surface area contributed by atoms with Crippen LogP contribution < -0.4 is 5.32 Å². The standard InChI is InChI=1S/C21H20Cl2N4O/c22-16-4-3-15(19(23)12-16)5-9-25-21(28)27-10-6-14(7-11-27)18-13-26-20-17(18)2-1-8-24-20/h1-4,6,8,12-13H,5,7,9-11H2,(H,24,26)(H,25,28). The zero-order chi connectivity index (χ0) is 19.5. The Balaban J connectivity index is 1.33. The van der Waals surface area contributed by atoms with Gasteiger partial charge in [0.1, 0.15) is 5.65 Å². The second-order valence-corrected chi connectivity index (χ2v) is 7.59. The van der Waals surface area contributed by atoms with Crippen LogP contribution in [0.1, 0.15) is 17.5 Å². The molecule has 144 valence electrons. The Bertz CT molecular complexity index is 1040. The van der Waals surface area contributed by atoms with Crippen molar-refractivity contribution in [1.82, 2.24) is 20.2 Å². The molecule has 0 aliphatic carbocycles. The van der Waals surface area contributed by atoms with Crippen LogP contribution in [0.25, 0.3) is 16.6 Å². The molecule has 2 N–H and O–H groups in total. The molecule has 4 rings (SSSR count). The molecule has 0 fully saturated rings. The Hall–Kier alpha value is -2.50. The molecule has 0 atom stereocenters. The predicted molar refractivity (Wildman–Crippen MR) is 114 cm³/mol. The third kappa shape index (κ3) is 4.01. The van der Waals surface area contributed by atoms with E-state index in [4.69, 9.17) is 23.2 Å². The number of hydrogen-bond acceptors (Lipinski definition) is 2. The van der Waals surface area contributed by atoms with Crippen molar-refractivity contribution in [3.63, 3.8) is 0 Å². The fourth-order valence-electron chi connectivity index (χ4n) is 3.46. The number of benzene rings is 1. The van der Waals surface area contributed by atoms with Crippen molar-refractivity contribution in [2.45, 2.75) is 12.8 Å². The van der Waals surface area contributed by atoms with E-state index in [1.807, 2.05) is 29.3 Å². The van der Waals surface area contributed by atoms with Gasteiger partial charge in [0.15, 0.2) is 0 Å². The van der Waals surface area contributed by atoms with Crippen LogP contribution in [0.2, 0.25) is 10.0 Å². The first-order valence-electron chi connectivity index (χ1n) is 9.20. The first-order valence-corrected chi connectivity index (χ1v) is 9.95. The van der Waals surface area contributed by atoms with Gasteiger partial charge in [-0.25, -0.2) is 9.78 Å². The number of hydrogen-bond donors (Lipinski definition) is 2. The van der Waals surface area contributed by atoms with E-state index in [-0.39, 0.29) is 6.03 Å². The normalized spacial score (nSPS) is 14.2. The number of pyridine rings is 1. The summed E-state index contributed by atoms with van der Waals surface area (Å²) in [5.41, 5.74) is 4.27. The fraction of sp³-hybridized carbons (Fsp3) is 0.238. The first kappa shape index (κ1) is 18.8. The summed E-state index contributed by atoms with van der Waals surface area (Å²) in [6.45, 7) is 1.81. The van der Waals surface area contributed by atoms with Gasteiger partial charge in [-0.3, -0.25) is 0 Å². The number of fused-ring (bicyclic) bond motifs is 1. The topological polar surface area (TPSA) is 61.0 Å². The minimum atomic E-state index is -0.0546. The Kier molecular flexibility index (Phi) is 5.55. The molecule has 5 nitrogen and oxygen atoms in total. The fourth-order valence-corrected chi connectivity index (χ4v) is 3.96. The van der Waals surface area contributed by atoms with E-state index < -0.39 is 0 Å². The average molecular weight is 415 g/mol. The van der Waals surface area contributed by atoms with Crippen LogP contribution in [-0.2, 0) is 6.42 Å². The number of carbonyl (C=O) groups is 1. The Morgan fingerprint density at radius 3 is 2.96 bits per heavy atom. The minimum absolute atomic E-state index is 0.0546. The van der Waals surface area contributed by atoms with Gasteiger partial charge in [-0.15, -0.1) is 0 Å². The van der Waals surface area contributed by atoms with Crippen LogP contribution in [0, 0.1) is 0 Å². The quantitative estimate of drug-likeness (QED) is 0.636. The summed E-state index contributed by atoms with van der Waals surface area (Å²) >= 11 is 12.1. The predicted octanol–water partition coefficient (Wildman–Crippen LogP) is 4.91. The number of rotatable bonds is 4. The molecule has 0 radical (unpaired) electrons. The van der Waals surface area contributed by atoms with E-state index in [1.165, 1.54) is 11.1 Å². The highest BCUT2D eigenvalue weighted by molar-refractivity contribution is 6.35. The summed E-state index contributed by atoms with van der Waals surface area (Å²) in [7, 11) is 0. The molecule has 1 aromatic carbocycles. The molecule has 1 aliphatic rings. The van der Waals surface area contributed by atoms with Crippen molar-refractivity contribution in [3.05, 3.63) is 70.0 Å². The largest absolute Gasteiger partial charge is 0.346 e. The number of halogens is 2. The van der Waals surface area contributed by atoms with E-state index in [1.54, 1.807) is 12.3 Å². The molecule has 1 aliphatic heterocycles. The minimum Gasteiger partial charge on any atom is -0.346 e. The molecule has 0 spiro atoms. The van der Waals surface area contributed by atoms with Crippen molar-refractivity contribution >= 4 is 45.8 Å². The molecule has 2 amide bonds. The zero-order valence-corrected chi connectivity index (χ0v) is 16.7. The highest BCUT2D eigenvalue weighted by atomic mass is 35.5. The first-order chi connectivity index (χ1) is 13.6. The molecule has 28 heavy (non-hydrogen) atoms. The number of urea groups is 1. The van der Waals surface area contributed by atoms with Crippen molar-refractivity contribution in [2.75, 3.05) is 19.6 Å². The molecule has 3 aromatic rings. The van der Waals surface area contributed by atoms with Gasteiger partial charge in [0, 0.05) is 53.0 Å². The summed E-state index contributed by atoms with van der Waals surface area (Å²) in [5, 5.41) is 5.33. The van der Waals surface area contributed by atoms with Crippen molar-refractivity contribution in [2.24, 2.45) is 0 Å². The number of carbonyl (C=O) groups excluding carboxylic acids is 1. The van der Waals surface area contributed by atoms with E-state index in [2.05, 4.69) is 27.4 Å². The lowest BCUT2D eigenvalue weighted by molar-refractivity contribution is 0.203. The second kappa shape index (κ2) is 8.25. The number of nitrogens with one attached hydrogen (secondary N) is 2. The molecule has 7 heteroatoms. The summed E-state index contributed by atoms with van der Waals surface area (Å²) in [4.78, 5) is 21.8. The van der Waals surface area contributed by atoms with Gasteiger partial charge in [-0.05, 0) is 48.2 Å². The SMILES string of the molecule is O=C(NCCc1ccc(Cl)cc1Cl)N1CC=C(c2c[nH]c3ncccc23)CC1. The molecule has 3 heterocycles. The van der Waals surface area contributed by atoms with Crippen LogP contribution in [0.3, 0.4) is 0 Å². The number of aromatic amines is 1. The monoisotopic (exact) mass is 414 g/mol. The molecule has 2 aromatic heterocycles. The molecular weight excluding hydrogens is 395 g/mol. The van der Waals surface area contributed by atoms with Gasteiger partial charge in [-0.1, -0.05) is 35.3 Å². The number of nitrogens with zero attached hydrogens (tertiary/aromatic N) is 2. The Labute approximate surface area is 173 Å². The maximum Gasteiger partial charge on any atom is 0.317 e. The molecule has 0 unspecified atom stereocenters. The van der Waals surface area contributed by atoms with Crippen LogP contribution in [0.4, 0.5) is 4.79 Å². The third-order valence-corrected chi connectivity index (χ3v) is 5.57. The van der Waals surface area contributed by atoms with Crippen LogP contribution in [0.15, 0.2) is 48.8 Å². The third-order valence-electron chi connectivity index (χ3n) is 4.98. The summed E-state index contributed by atoms with van der Waals surface area (Å²) in [6, 6.07) is 9.37. The number of aromatic nitrogens is 2. The summed E-state index contributed by atoms with van der Waals surface area (Å²) < 4.78 is 0. The molecule has 0 saturated carbocycles. The highest BCUT2D eigenvalue weighted by Gasteiger charge is 2.19. The lowest BCUT2D eigenvalue weighted by atomic mass is 10.00. The maximum atomic E-state index is 12.4. The molecular formula is C21H20Cl2N4O. The summed E-state index contributed by atoms with van der Waals surface area (Å²) in [6.07, 6.45) is 7.38.